The van der Waals surface area contributed by atoms with Gasteiger partial charge in [0.2, 0.25) is 5.69 Å². The lowest BCUT2D eigenvalue weighted by Gasteiger charge is -2.15. The molecule has 0 saturated carbocycles. The smallest absolute Gasteiger partial charge is 0.213 e. The van der Waals surface area contributed by atoms with Gasteiger partial charge < -0.3 is 5.73 Å². The number of rotatable bonds is 2. The van der Waals surface area contributed by atoms with Gasteiger partial charge in [0.15, 0.2) is 11.5 Å². The maximum absolute atomic E-state index is 13.9. The molecule has 0 radical (unpaired) electrons. The zero-order valence-electron chi connectivity index (χ0n) is 15.0. The topological polar surface area (TPSA) is 73.5 Å². The van der Waals surface area contributed by atoms with E-state index in [-0.39, 0.29) is 11.6 Å². The molecule has 0 amide bonds. The minimum atomic E-state index is -0.371. The molecule has 0 aliphatic heterocycles. The Morgan fingerprint density at radius 1 is 1.00 bits per heavy atom. The van der Waals surface area contributed by atoms with Gasteiger partial charge in [-0.05, 0) is 41.3 Å². The Balaban J connectivity index is 1.91. The van der Waals surface area contributed by atoms with Crippen LogP contribution in [0.3, 0.4) is 0 Å². The Morgan fingerprint density at radius 2 is 1.90 bits per heavy atom. The van der Waals surface area contributed by atoms with Crippen LogP contribution >= 0.6 is 0 Å². The first-order valence-corrected chi connectivity index (χ1v) is 8.81. The molecule has 0 bridgehead atoms. The fraction of sp³-hybridized carbons (Fsp3) is 0. The summed E-state index contributed by atoms with van der Waals surface area (Å²) in [6, 6.07) is 13.6. The summed E-state index contributed by atoms with van der Waals surface area (Å²) in [7, 11) is 0. The average Bonchev–Trinajstić information content (AvgIpc) is 3.23. The third kappa shape index (κ3) is 2.66. The lowest BCUT2D eigenvalue weighted by atomic mass is 10.0. The number of fused-ring (bicyclic) bond motifs is 2. The molecule has 6 nitrogen and oxygen atoms in total. The summed E-state index contributed by atoms with van der Waals surface area (Å²) in [6.45, 7) is 7.58. The van der Waals surface area contributed by atoms with Crippen molar-refractivity contribution >= 4 is 28.1 Å². The first-order chi connectivity index (χ1) is 14.2. The largest absolute Gasteiger partial charge is 0.381 e. The molecule has 0 saturated heterocycles. The Bertz CT molecular complexity index is 1450. The first kappa shape index (κ1) is 16.8. The van der Waals surface area contributed by atoms with E-state index in [2.05, 4.69) is 19.8 Å². The maximum Gasteiger partial charge on any atom is 0.213 e. The van der Waals surface area contributed by atoms with E-state index in [0.717, 1.165) is 10.9 Å². The summed E-state index contributed by atoms with van der Waals surface area (Å²) in [5.74, 6) is -0.130. The van der Waals surface area contributed by atoms with E-state index in [1.165, 1.54) is 12.1 Å². The van der Waals surface area contributed by atoms with Gasteiger partial charge in [0.25, 0.3) is 0 Å². The molecule has 0 atom stereocenters. The highest BCUT2D eigenvalue weighted by molar-refractivity contribution is 5.97. The number of nitrogens with zero attached hydrogens (tertiary/aromatic N) is 5. The van der Waals surface area contributed by atoms with Gasteiger partial charge >= 0.3 is 0 Å². The molecule has 138 valence electrons. The van der Waals surface area contributed by atoms with Crippen LogP contribution in [0.2, 0.25) is 0 Å². The molecular weight excluding hydrogens is 367 g/mol. The van der Waals surface area contributed by atoms with Crippen molar-refractivity contribution in [3.63, 3.8) is 0 Å². The quantitative estimate of drug-likeness (QED) is 0.443. The molecule has 2 N–H and O–H groups in total. The van der Waals surface area contributed by atoms with Crippen LogP contribution < -0.4 is 5.73 Å². The highest BCUT2D eigenvalue weighted by Gasteiger charge is 2.18. The van der Waals surface area contributed by atoms with Gasteiger partial charge in [-0.1, -0.05) is 18.2 Å². The molecule has 2 aromatic carbocycles. The lowest BCUT2D eigenvalue weighted by molar-refractivity contribution is 0.628. The van der Waals surface area contributed by atoms with Crippen LogP contribution in [0, 0.1) is 12.4 Å². The maximum atomic E-state index is 13.9. The number of anilines is 1. The van der Waals surface area contributed by atoms with Crippen molar-refractivity contribution in [3.8, 4) is 22.5 Å². The van der Waals surface area contributed by atoms with Crippen LogP contribution in [0.4, 0.5) is 15.9 Å². The fourth-order valence-electron chi connectivity index (χ4n) is 3.52. The second-order valence-electron chi connectivity index (χ2n) is 6.51. The van der Waals surface area contributed by atoms with Crippen molar-refractivity contribution < 1.29 is 4.39 Å². The highest BCUT2D eigenvalue weighted by atomic mass is 19.1. The van der Waals surface area contributed by atoms with Crippen molar-refractivity contribution in [1.29, 1.82) is 0 Å². The summed E-state index contributed by atoms with van der Waals surface area (Å²) < 4.78 is 15.8. The van der Waals surface area contributed by atoms with Gasteiger partial charge in [0.05, 0.1) is 23.5 Å². The third-order valence-electron chi connectivity index (χ3n) is 4.74. The predicted octanol–water partition coefficient (Wildman–Crippen LogP) is 4.88. The van der Waals surface area contributed by atoms with Gasteiger partial charge in [-0.15, -0.1) is 0 Å². The number of hydrogen-bond acceptors (Lipinski definition) is 4. The number of nitrogens with two attached hydrogens (primary N) is 1. The minimum absolute atomic E-state index is 0.242. The Hall–Kier alpha value is -4.31. The SMILES string of the molecule is [C-]#[N+]c1cc(-c2c(-c3cccc(F)c3)nc(N)c3nccn23)cc2cccnc12. The van der Waals surface area contributed by atoms with E-state index in [9.17, 15) is 4.39 Å². The molecule has 3 heterocycles. The number of halogens is 1. The van der Waals surface area contributed by atoms with Crippen LogP contribution in [0.1, 0.15) is 0 Å². The van der Waals surface area contributed by atoms with Crippen molar-refractivity contribution in [2.45, 2.75) is 0 Å². The van der Waals surface area contributed by atoms with Crippen molar-refractivity contribution in [1.82, 2.24) is 19.4 Å². The normalized spacial score (nSPS) is 11.0. The lowest BCUT2D eigenvalue weighted by Crippen LogP contribution is -2.04. The van der Waals surface area contributed by atoms with Crippen LogP contribution in [-0.4, -0.2) is 19.4 Å². The van der Waals surface area contributed by atoms with Gasteiger partial charge in [-0.3, -0.25) is 9.38 Å². The van der Waals surface area contributed by atoms with Gasteiger partial charge in [0, 0.05) is 24.2 Å². The van der Waals surface area contributed by atoms with E-state index >= 15 is 0 Å². The first-order valence-electron chi connectivity index (χ1n) is 8.81. The third-order valence-corrected chi connectivity index (χ3v) is 4.74. The zero-order chi connectivity index (χ0) is 20.0. The van der Waals surface area contributed by atoms with E-state index in [0.29, 0.717) is 33.8 Å². The number of aromatic nitrogens is 4. The highest BCUT2D eigenvalue weighted by Crippen LogP contribution is 2.37. The van der Waals surface area contributed by atoms with Crippen molar-refractivity contribution in [2.75, 3.05) is 5.73 Å². The Labute approximate surface area is 164 Å². The molecule has 7 heteroatoms. The summed E-state index contributed by atoms with van der Waals surface area (Å²) in [6.07, 6.45) is 5.06. The molecule has 0 fully saturated rings. The van der Waals surface area contributed by atoms with Crippen LogP contribution in [0.25, 0.3) is 43.9 Å². The minimum Gasteiger partial charge on any atom is -0.381 e. The van der Waals surface area contributed by atoms with Gasteiger partial charge in [-0.2, -0.15) is 0 Å². The van der Waals surface area contributed by atoms with Crippen molar-refractivity contribution in [3.05, 3.63) is 84.4 Å². The molecule has 5 rings (SSSR count). The average molecular weight is 380 g/mol. The van der Waals surface area contributed by atoms with Gasteiger partial charge in [-0.25, -0.2) is 19.2 Å². The molecule has 0 aliphatic carbocycles. The predicted molar refractivity (Wildman–Crippen MR) is 110 cm³/mol. The number of pyridine rings is 1. The zero-order valence-corrected chi connectivity index (χ0v) is 15.0. The standard InChI is InChI=1S/C22H13FN6/c1-25-17-12-15(10-13-5-3-7-26-18(13)17)20-19(14-4-2-6-16(23)11-14)28-21(24)22-27-8-9-29(20)22/h2-12H,(H2,24,28). The molecule has 3 aromatic heterocycles. The molecule has 0 unspecified atom stereocenters. The van der Waals surface area contributed by atoms with Crippen LogP contribution in [0.5, 0.6) is 0 Å². The van der Waals surface area contributed by atoms with E-state index < -0.39 is 0 Å². The summed E-state index contributed by atoms with van der Waals surface area (Å²) in [5.41, 5.74) is 10.2. The summed E-state index contributed by atoms with van der Waals surface area (Å²) in [4.78, 5) is 16.8. The number of imidazole rings is 1. The second kappa shape index (κ2) is 6.39. The number of nitrogen functional groups attached to an aromatic ring is 1. The van der Waals surface area contributed by atoms with Crippen molar-refractivity contribution in [2.24, 2.45) is 0 Å². The van der Waals surface area contributed by atoms with Crippen LogP contribution in [0.15, 0.2) is 67.1 Å². The molecule has 0 spiro atoms. The summed E-state index contributed by atoms with van der Waals surface area (Å²) in [5, 5.41) is 0.825. The molecule has 29 heavy (non-hydrogen) atoms. The van der Waals surface area contributed by atoms with E-state index in [1.807, 2.05) is 22.6 Å². The molecule has 0 aliphatic rings. The Kier molecular flexibility index (Phi) is 3.71. The Morgan fingerprint density at radius 3 is 2.72 bits per heavy atom. The second-order valence-corrected chi connectivity index (χ2v) is 6.51. The number of hydrogen-bond donors (Lipinski definition) is 1. The van der Waals surface area contributed by atoms with Crippen LogP contribution in [-0.2, 0) is 0 Å². The molecule has 5 aromatic rings. The summed E-state index contributed by atoms with van der Waals surface area (Å²) >= 11 is 0. The van der Waals surface area contributed by atoms with E-state index in [4.69, 9.17) is 12.3 Å². The fourth-order valence-corrected chi connectivity index (χ4v) is 3.52. The number of benzene rings is 2. The monoisotopic (exact) mass is 380 g/mol. The molecular formula is C22H13FN6. The van der Waals surface area contributed by atoms with E-state index in [1.54, 1.807) is 36.8 Å². The van der Waals surface area contributed by atoms with Gasteiger partial charge in [0.1, 0.15) is 5.82 Å².